The summed E-state index contributed by atoms with van der Waals surface area (Å²) in [6.45, 7) is 2.12. The molecule has 2 heterocycles. The van der Waals surface area contributed by atoms with Gasteiger partial charge in [-0.3, -0.25) is 15.0 Å². The van der Waals surface area contributed by atoms with Crippen molar-refractivity contribution in [2.45, 2.75) is 18.9 Å². The predicted molar refractivity (Wildman–Crippen MR) is 110 cm³/mol. The van der Waals surface area contributed by atoms with Gasteiger partial charge >= 0.3 is 0 Å². The largest absolute Gasteiger partial charge is 0.420 e. The Kier molecular flexibility index (Phi) is 5.26. The fraction of sp³-hybridized carbons (Fsp3) is 0.333. The van der Waals surface area contributed by atoms with Crippen LogP contribution in [0.2, 0.25) is 0 Å². The van der Waals surface area contributed by atoms with E-state index in [9.17, 15) is 10.1 Å². The number of rotatable bonds is 6. The third-order valence-corrected chi connectivity index (χ3v) is 5.28. The maximum absolute atomic E-state index is 11.2. The molecule has 0 unspecified atom stereocenters. The Balaban J connectivity index is 1.43. The summed E-state index contributed by atoms with van der Waals surface area (Å²) < 4.78 is 5.94. The number of nitrogens with zero attached hydrogens (tertiary/aromatic N) is 5. The molecule has 29 heavy (non-hydrogen) atoms. The summed E-state index contributed by atoms with van der Waals surface area (Å²) in [6, 6.07) is 14.9. The van der Waals surface area contributed by atoms with Crippen molar-refractivity contribution in [2.24, 2.45) is 0 Å². The number of likely N-dealkylation sites (tertiary alicyclic amines) is 1. The number of nitro benzene ring substituents is 1. The molecular formula is C21H23N5O3. The van der Waals surface area contributed by atoms with Crippen LogP contribution in [0.1, 0.15) is 23.8 Å². The third kappa shape index (κ3) is 4.12. The Morgan fingerprint density at radius 3 is 2.66 bits per heavy atom. The van der Waals surface area contributed by atoms with Crippen LogP contribution >= 0.6 is 0 Å². The van der Waals surface area contributed by atoms with Gasteiger partial charge in [0.1, 0.15) is 0 Å². The van der Waals surface area contributed by atoms with Gasteiger partial charge in [-0.25, -0.2) is 0 Å². The topological polar surface area (TPSA) is 88.5 Å². The summed E-state index contributed by atoms with van der Waals surface area (Å²) in [7, 11) is 3.99. The molecule has 2 aromatic carbocycles. The molecule has 1 aliphatic heterocycles. The maximum Gasteiger partial charge on any atom is 0.273 e. The number of benzene rings is 2. The zero-order valence-electron chi connectivity index (χ0n) is 16.5. The lowest BCUT2D eigenvalue weighted by molar-refractivity contribution is -0.385. The van der Waals surface area contributed by atoms with Crippen LogP contribution in [-0.2, 0) is 6.54 Å². The molecule has 150 valence electrons. The zero-order valence-corrected chi connectivity index (χ0v) is 16.5. The standard InChI is InChI=1S/C21H23N5O3/c1-24(2)18-9-7-15(8-10-18)20-22-23-21(29-20)17-11-12-25(14-17)13-16-5-3-4-6-19(16)26(27)28/h3-10,17H,11-14H2,1-2H3/t17-/m0/s1. The second kappa shape index (κ2) is 8.00. The zero-order chi connectivity index (χ0) is 20.4. The number of hydrogen-bond acceptors (Lipinski definition) is 7. The van der Waals surface area contributed by atoms with E-state index in [0.717, 1.165) is 36.3 Å². The van der Waals surface area contributed by atoms with Crippen LogP contribution in [0.25, 0.3) is 11.5 Å². The van der Waals surface area contributed by atoms with Gasteiger partial charge in [-0.2, -0.15) is 0 Å². The van der Waals surface area contributed by atoms with Crippen molar-refractivity contribution in [1.82, 2.24) is 15.1 Å². The minimum atomic E-state index is -0.325. The highest BCUT2D eigenvalue weighted by Crippen LogP contribution is 2.31. The number of anilines is 1. The van der Waals surface area contributed by atoms with Crippen molar-refractivity contribution >= 4 is 11.4 Å². The molecular weight excluding hydrogens is 370 g/mol. The lowest BCUT2D eigenvalue weighted by atomic mass is 10.1. The van der Waals surface area contributed by atoms with E-state index in [1.54, 1.807) is 12.1 Å². The number of para-hydroxylation sites is 1. The third-order valence-electron chi connectivity index (χ3n) is 5.28. The average Bonchev–Trinajstić information content (AvgIpc) is 3.38. The van der Waals surface area contributed by atoms with Crippen LogP contribution in [0.4, 0.5) is 11.4 Å². The molecule has 0 saturated carbocycles. The van der Waals surface area contributed by atoms with Crippen molar-refractivity contribution in [3.05, 3.63) is 70.1 Å². The highest BCUT2D eigenvalue weighted by atomic mass is 16.6. The highest BCUT2D eigenvalue weighted by Gasteiger charge is 2.29. The summed E-state index contributed by atoms with van der Waals surface area (Å²) in [4.78, 5) is 15.1. The van der Waals surface area contributed by atoms with Crippen molar-refractivity contribution in [3.8, 4) is 11.5 Å². The van der Waals surface area contributed by atoms with Gasteiger partial charge in [-0.05, 0) is 37.2 Å². The molecule has 0 spiro atoms. The minimum Gasteiger partial charge on any atom is -0.420 e. The molecule has 8 nitrogen and oxygen atoms in total. The normalized spacial score (nSPS) is 16.8. The van der Waals surface area contributed by atoms with Crippen molar-refractivity contribution in [2.75, 3.05) is 32.1 Å². The first kappa shape index (κ1) is 19.1. The summed E-state index contributed by atoms with van der Waals surface area (Å²) in [6.07, 6.45) is 0.891. The van der Waals surface area contributed by atoms with E-state index in [1.807, 2.05) is 55.4 Å². The van der Waals surface area contributed by atoms with E-state index >= 15 is 0 Å². The molecule has 0 bridgehead atoms. The molecule has 1 atom stereocenters. The van der Waals surface area contributed by atoms with Gasteiger partial charge in [-0.1, -0.05) is 18.2 Å². The number of hydrogen-bond donors (Lipinski definition) is 0. The van der Waals surface area contributed by atoms with Crippen LogP contribution in [0.5, 0.6) is 0 Å². The van der Waals surface area contributed by atoms with Gasteiger partial charge in [-0.15, -0.1) is 10.2 Å². The SMILES string of the molecule is CN(C)c1ccc(-c2nnc([C@H]3CCN(Cc4ccccc4[N+](=O)[O-])C3)o2)cc1. The van der Waals surface area contributed by atoms with Gasteiger partial charge in [0.25, 0.3) is 5.69 Å². The van der Waals surface area contributed by atoms with Gasteiger partial charge in [0.15, 0.2) is 0 Å². The van der Waals surface area contributed by atoms with Crippen LogP contribution in [0.15, 0.2) is 52.9 Å². The predicted octanol–water partition coefficient (Wildman–Crippen LogP) is 3.70. The quantitative estimate of drug-likeness (QED) is 0.466. The van der Waals surface area contributed by atoms with Gasteiger partial charge in [0.2, 0.25) is 11.8 Å². The Morgan fingerprint density at radius 2 is 1.93 bits per heavy atom. The lowest BCUT2D eigenvalue weighted by Gasteiger charge is -2.15. The second-order valence-electron chi connectivity index (χ2n) is 7.49. The van der Waals surface area contributed by atoms with E-state index in [-0.39, 0.29) is 16.5 Å². The van der Waals surface area contributed by atoms with Gasteiger partial charge in [0, 0.05) is 50.1 Å². The highest BCUT2D eigenvalue weighted by molar-refractivity contribution is 5.58. The summed E-state index contributed by atoms with van der Waals surface area (Å²) in [5.41, 5.74) is 2.89. The first-order valence-electron chi connectivity index (χ1n) is 9.57. The van der Waals surface area contributed by atoms with E-state index in [0.29, 0.717) is 18.3 Å². The van der Waals surface area contributed by atoms with Gasteiger partial charge < -0.3 is 9.32 Å². The minimum absolute atomic E-state index is 0.139. The number of aromatic nitrogens is 2. The molecule has 1 aromatic heterocycles. The van der Waals surface area contributed by atoms with E-state index in [1.165, 1.54) is 0 Å². The molecule has 4 rings (SSSR count). The average molecular weight is 393 g/mol. The fourth-order valence-electron chi connectivity index (χ4n) is 3.66. The van der Waals surface area contributed by atoms with E-state index in [4.69, 9.17) is 4.42 Å². The van der Waals surface area contributed by atoms with Crippen LogP contribution in [-0.4, -0.2) is 47.2 Å². The molecule has 0 N–H and O–H groups in total. The monoisotopic (exact) mass is 393 g/mol. The summed E-state index contributed by atoms with van der Waals surface area (Å²) in [5.74, 6) is 1.28. The number of nitro groups is 1. The van der Waals surface area contributed by atoms with Crippen LogP contribution < -0.4 is 4.90 Å². The summed E-state index contributed by atoms with van der Waals surface area (Å²) >= 11 is 0. The van der Waals surface area contributed by atoms with Crippen molar-refractivity contribution in [1.29, 1.82) is 0 Å². The Hall–Kier alpha value is -3.26. The maximum atomic E-state index is 11.2. The fourth-order valence-corrected chi connectivity index (χ4v) is 3.66. The molecule has 3 aromatic rings. The Labute approximate surface area is 168 Å². The van der Waals surface area contributed by atoms with Crippen molar-refractivity contribution < 1.29 is 9.34 Å². The molecule has 0 aliphatic carbocycles. The smallest absolute Gasteiger partial charge is 0.273 e. The first-order chi connectivity index (χ1) is 14.0. The molecule has 0 amide bonds. The second-order valence-corrected chi connectivity index (χ2v) is 7.49. The Bertz CT molecular complexity index is 1000. The van der Waals surface area contributed by atoms with E-state index in [2.05, 4.69) is 15.1 Å². The summed E-state index contributed by atoms with van der Waals surface area (Å²) in [5, 5.41) is 19.7. The molecule has 1 aliphatic rings. The molecule has 1 saturated heterocycles. The molecule has 8 heteroatoms. The van der Waals surface area contributed by atoms with Gasteiger partial charge in [0.05, 0.1) is 10.8 Å². The Morgan fingerprint density at radius 1 is 1.17 bits per heavy atom. The molecule has 0 radical (unpaired) electrons. The van der Waals surface area contributed by atoms with E-state index < -0.39 is 0 Å². The van der Waals surface area contributed by atoms with Crippen LogP contribution in [0, 0.1) is 10.1 Å². The van der Waals surface area contributed by atoms with Crippen LogP contribution in [0.3, 0.4) is 0 Å². The van der Waals surface area contributed by atoms with Crippen molar-refractivity contribution in [3.63, 3.8) is 0 Å². The lowest BCUT2D eigenvalue weighted by Crippen LogP contribution is -2.20. The molecule has 1 fully saturated rings. The first-order valence-corrected chi connectivity index (χ1v) is 9.57.